The number of amides is 1. The second-order valence-corrected chi connectivity index (χ2v) is 8.64. The number of nitrogens with one attached hydrogen (secondary N) is 2. The molecule has 1 atom stereocenters. The highest BCUT2D eigenvalue weighted by atomic mass is 32.2. The number of benzene rings is 2. The largest absolute Gasteiger partial charge is 0.494 e. The summed E-state index contributed by atoms with van der Waals surface area (Å²) in [4.78, 5) is 12.7. The minimum absolute atomic E-state index is 0.0781. The number of hydrogen-bond acceptors (Lipinski definition) is 4. The van der Waals surface area contributed by atoms with Crippen LogP contribution >= 0.6 is 0 Å². The molecule has 0 aliphatic rings. The summed E-state index contributed by atoms with van der Waals surface area (Å²) in [5.74, 6) is 0.407. The maximum Gasteiger partial charge on any atom is 0.242 e. The normalized spacial score (nSPS) is 12.6. The predicted octanol–water partition coefficient (Wildman–Crippen LogP) is 3.82. The molecule has 0 heterocycles. The van der Waals surface area contributed by atoms with Crippen molar-refractivity contribution in [3.8, 4) is 5.75 Å². The zero-order chi connectivity index (χ0) is 20.9. The van der Waals surface area contributed by atoms with Crippen LogP contribution in [0.15, 0.2) is 47.4 Å². The van der Waals surface area contributed by atoms with E-state index < -0.39 is 22.0 Å². The summed E-state index contributed by atoms with van der Waals surface area (Å²) >= 11 is 0. The van der Waals surface area contributed by atoms with Crippen LogP contribution in [0, 0.1) is 6.92 Å². The number of carbonyl (C=O) groups is 1. The highest BCUT2D eigenvalue weighted by molar-refractivity contribution is 7.89. The second kappa shape index (κ2) is 9.21. The van der Waals surface area contributed by atoms with Crippen molar-refractivity contribution in [1.29, 1.82) is 0 Å². The number of hydrogen-bond donors (Lipinski definition) is 2. The SMILES string of the molecule is CCOc1ccc(S(=O)(=O)N[C@H](C)C(=O)Nc2c(C)cccc2C(C)C)cc1. The maximum absolute atomic E-state index is 12.6. The van der Waals surface area contributed by atoms with E-state index in [0.29, 0.717) is 12.4 Å². The number of sulfonamides is 1. The first-order valence-corrected chi connectivity index (χ1v) is 10.8. The highest BCUT2D eigenvalue weighted by Crippen LogP contribution is 2.27. The fourth-order valence-electron chi connectivity index (χ4n) is 2.81. The van der Waals surface area contributed by atoms with Gasteiger partial charge in [0.2, 0.25) is 15.9 Å². The van der Waals surface area contributed by atoms with E-state index in [1.54, 1.807) is 12.1 Å². The van der Waals surface area contributed by atoms with Gasteiger partial charge in [-0.1, -0.05) is 32.0 Å². The molecule has 2 aromatic rings. The number of carbonyl (C=O) groups excluding carboxylic acids is 1. The second-order valence-electron chi connectivity index (χ2n) is 6.93. The fourth-order valence-corrected chi connectivity index (χ4v) is 4.01. The van der Waals surface area contributed by atoms with E-state index in [1.807, 2.05) is 45.9 Å². The molecule has 0 aliphatic carbocycles. The third-order valence-electron chi connectivity index (χ3n) is 4.35. The molecule has 2 aromatic carbocycles. The monoisotopic (exact) mass is 404 g/mol. The first-order chi connectivity index (χ1) is 13.2. The number of anilines is 1. The van der Waals surface area contributed by atoms with Crippen LogP contribution in [0.2, 0.25) is 0 Å². The lowest BCUT2D eigenvalue weighted by Gasteiger charge is -2.19. The van der Waals surface area contributed by atoms with Gasteiger partial charge in [-0.2, -0.15) is 4.72 Å². The van der Waals surface area contributed by atoms with Crippen LogP contribution in [-0.2, 0) is 14.8 Å². The van der Waals surface area contributed by atoms with Gasteiger partial charge in [-0.15, -0.1) is 0 Å². The molecule has 7 heteroatoms. The van der Waals surface area contributed by atoms with Gasteiger partial charge in [0.25, 0.3) is 0 Å². The van der Waals surface area contributed by atoms with Crippen LogP contribution in [0.3, 0.4) is 0 Å². The highest BCUT2D eigenvalue weighted by Gasteiger charge is 2.23. The lowest BCUT2D eigenvalue weighted by Crippen LogP contribution is -2.41. The van der Waals surface area contributed by atoms with Crippen molar-refractivity contribution < 1.29 is 17.9 Å². The maximum atomic E-state index is 12.6. The molecule has 6 nitrogen and oxygen atoms in total. The van der Waals surface area contributed by atoms with Crippen molar-refractivity contribution in [2.75, 3.05) is 11.9 Å². The van der Waals surface area contributed by atoms with Crippen LogP contribution in [0.5, 0.6) is 5.75 Å². The van der Waals surface area contributed by atoms with Crippen molar-refractivity contribution in [3.63, 3.8) is 0 Å². The van der Waals surface area contributed by atoms with Gasteiger partial charge >= 0.3 is 0 Å². The Morgan fingerprint density at radius 1 is 1.07 bits per heavy atom. The van der Waals surface area contributed by atoms with Crippen LogP contribution in [0.4, 0.5) is 5.69 Å². The molecule has 0 aromatic heterocycles. The molecule has 0 bridgehead atoms. The molecule has 0 saturated heterocycles. The number of aryl methyl sites for hydroxylation is 1. The molecule has 152 valence electrons. The average Bonchev–Trinajstić information content (AvgIpc) is 2.63. The summed E-state index contributed by atoms with van der Waals surface area (Å²) < 4.78 is 32.9. The molecule has 0 saturated carbocycles. The minimum Gasteiger partial charge on any atom is -0.494 e. The van der Waals surface area contributed by atoms with E-state index in [0.717, 1.165) is 16.8 Å². The van der Waals surface area contributed by atoms with E-state index in [1.165, 1.54) is 19.1 Å². The fraction of sp³-hybridized carbons (Fsp3) is 0.381. The van der Waals surface area contributed by atoms with Gasteiger partial charge in [0.1, 0.15) is 5.75 Å². The van der Waals surface area contributed by atoms with Crippen LogP contribution in [0.25, 0.3) is 0 Å². The van der Waals surface area contributed by atoms with Gasteiger partial charge in [-0.25, -0.2) is 8.42 Å². The molecule has 28 heavy (non-hydrogen) atoms. The standard InChI is InChI=1S/C21H28N2O4S/c1-6-27-17-10-12-18(13-11-17)28(25,26)23-16(5)21(24)22-20-15(4)8-7-9-19(20)14(2)3/h7-14,16,23H,6H2,1-5H3,(H,22,24)/t16-/m1/s1. The van der Waals surface area contributed by atoms with Gasteiger partial charge < -0.3 is 10.1 Å². The first-order valence-electron chi connectivity index (χ1n) is 9.31. The third-order valence-corrected chi connectivity index (χ3v) is 5.90. The van der Waals surface area contributed by atoms with E-state index in [4.69, 9.17) is 4.74 Å². The Balaban J connectivity index is 2.14. The Morgan fingerprint density at radius 3 is 2.29 bits per heavy atom. The summed E-state index contributed by atoms with van der Waals surface area (Å²) in [6.45, 7) is 9.88. The molecular weight excluding hydrogens is 376 g/mol. The Hall–Kier alpha value is -2.38. The van der Waals surface area contributed by atoms with Gasteiger partial charge in [-0.05, 0) is 62.1 Å². The quantitative estimate of drug-likeness (QED) is 0.700. The van der Waals surface area contributed by atoms with Crippen molar-refractivity contribution in [2.45, 2.75) is 51.5 Å². The van der Waals surface area contributed by atoms with Gasteiger partial charge in [-0.3, -0.25) is 4.79 Å². The van der Waals surface area contributed by atoms with Crippen LogP contribution in [0.1, 0.15) is 44.7 Å². The number of rotatable bonds is 8. The molecule has 0 fully saturated rings. The van der Waals surface area contributed by atoms with E-state index in [-0.39, 0.29) is 10.8 Å². The topological polar surface area (TPSA) is 84.5 Å². The summed E-state index contributed by atoms with van der Waals surface area (Å²) in [6, 6.07) is 11.0. The Bertz CT molecular complexity index is 922. The van der Waals surface area contributed by atoms with Crippen molar-refractivity contribution in [2.24, 2.45) is 0 Å². The molecular formula is C21H28N2O4S. The predicted molar refractivity (Wildman–Crippen MR) is 111 cm³/mol. The van der Waals surface area contributed by atoms with E-state index in [9.17, 15) is 13.2 Å². The van der Waals surface area contributed by atoms with E-state index in [2.05, 4.69) is 10.0 Å². The zero-order valence-corrected chi connectivity index (χ0v) is 17.8. The summed E-state index contributed by atoms with van der Waals surface area (Å²) in [5.41, 5.74) is 2.67. The lowest BCUT2D eigenvalue weighted by molar-refractivity contribution is -0.117. The zero-order valence-electron chi connectivity index (χ0n) is 16.9. The number of para-hydroxylation sites is 1. The Kier molecular flexibility index (Phi) is 7.21. The Labute approximate surface area is 167 Å². The van der Waals surface area contributed by atoms with Gasteiger partial charge in [0, 0.05) is 5.69 Å². The molecule has 2 rings (SSSR count). The van der Waals surface area contributed by atoms with Crippen molar-refractivity contribution in [1.82, 2.24) is 4.72 Å². The minimum atomic E-state index is -3.83. The molecule has 2 N–H and O–H groups in total. The Morgan fingerprint density at radius 2 is 1.71 bits per heavy atom. The summed E-state index contributed by atoms with van der Waals surface area (Å²) in [5, 5.41) is 2.87. The molecule has 1 amide bonds. The molecule has 0 aliphatic heterocycles. The molecule has 0 spiro atoms. The van der Waals surface area contributed by atoms with E-state index >= 15 is 0 Å². The lowest BCUT2D eigenvalue weighted by atomic mass is 9.98. The third kappa shape index (κ3) is 5.33. The van der Waals surface area contributed by atoms with Crippen LogP contribution in [-0.4, -0.2) is 27.0 Å². The molecule has 0 radical (unpaired) electrons. The van der Waals surface area contributed by atoms with Gasteiger partial charge in [0.15, 0.2) is 0 Å². The van der Waals surface area contributed by atoms with Crippen molar-refractivity contribution in [3.05, 3.63) is 53.6 Å². The summed E-state index contributed by atoms with van der Waals surface area (Å²) in [6.07, 6.45) is 0. The van der Waals surface area contributed by atoms with Crippen molar-refractivity contribution >= 4 is 21.6 Å². The van der Waals surface area contributed by atoms with Gasteiger partial charge in [0.05, 0.1) is 17.5 Å². The smallest absolute Gasteiger partial charge is 0.242 e. The number of ether oxygens (including phenoxy) is 1. The first kappa shape index (κ1) is 21.9. The molecule has 0 unspecified atom stereocenters. The van der Waals surface area contributed by atoms with Crippen LogP contribution < -0.4 is 14.8 Å². The summed E-state index contributed by atoms with van der Waals surface area (Å²) in [7, 11) is -3.83. The average molecular weight is 405 g/mol.